The third-order valence-electron chi connectivity index (χ3n) is 4.58. The minimum atomic E-state index is -3.64. The predicted molar refractivity (Wildman–Crippen MR) is 117 cm³/mol. The molecular formula is C23H24N2O4S. The molecule has 3 rings (SSSR count). The summed E-state index contributed by atoms with van der Waals surface area (Å²) in [5.74, 6) is 0.248. The Hall–Kier alpha value is -3.32. The normalized spacial score (nSPS) is 11.0. The molecule has 6 nitrogen and oxygen atoms in total. The summed E-state index contributed by atoms with van der Waals surface area (Å²) in [6.45, 7) is 2.32. The van der Waals surface area contributed by atoms with Crippen molar-refractivity contribution in [3.05, 3.63) is 90.0 Å². The molecule has 0 radical (unpaired) electrons. The second-order valence-corrected chi connectivity index (χ2v) is 8.80. The van der Waals surface area contributed by atoms with Gasteiger partial charge in [-0.2, -0.15) is 0 Å². The summed E-state index contributed by atoms with van der Waals surface area (Å²) in [5.41, 5.74) is 2.68. The van der Waals surface area contributed by atoms with Crippen LogP contribution in [0.5, 0.6) is 5.75 Å². The standard InChI is InChI=1S/C23H24N2O4S/c1-18-8-10-19(11-9-18)16-24-23(26)17-29-21-14-12-20(13-15-21)25(2)30(27,28)22-6-4-3-5-7-22/h3-15H,16-17H2,1-2H3,(H,24,26). The zero-order valence-electron chi connectivity index (χ0n) is 16.9. The molecule has 0 saturated heterocycles. The molecule has 0 atom stereocenters. The van der Waals surface area contributed by atoms with E-state index < -0.39 is 10.0 Å². The second kappa shape index (κ2) is 9.45. The van der Waals surface area contributed by atoms with Crippen molar-refractivity contribution in [1.82, 2.24) is 5.32 Å². The number of sulfonamides is 1. The largest absolute Gasteiger partial charge is 0.484 e. The number of ether oxygens (including phenoxy) is 1. The average molecular weight is 425 g/mol. The minimum Gasteiger partial charge on any atom is -0.484 e. The van der Waals surface area contributed by atoms with Gasteiger partial charge in [-0.15, -0.1) is 0 Å². The maximum Gasteiger partial charge on any atom is 0.264 e. The molecule has 1 N–H and O–H groups in total. The van der Waals surface area contributed by atoms with Crippen molar-refractivity contribution in [2.75, 3.05) is 18.0 Å². The molecule has 1 amide bonds. The molecule has 0 aliphatic heterocycles. The molecule has 0 bridgehead atoms. The molecular weight excluding hydrogens is 400 g/mol. The Morgan fingerprint density at radius 2 is 1.57 bits per heavy atom. The van der Waals surface area contributed by atoms with E-state index >= 15 is 0 Å². The molecule has 0 aromatic heterocycles. The van der Waals surface area contributed by atoms with Crippen LogP contribution >= 0.6 is 0 Å². The van der Waals surface area contributed by atoms with Crippen LogP contribution in [-0.4, -0.2) is 28.0 Å². The molecule has 3 aromatic rings. The number of hydrogen-bond donors (Lipinski definition) is 1. The summed E-state index contributed by atoms with van der Waals surface area (Å²) in [5, 5.41) is 2.80. The highest BCUT2D eigenvalue weighted by Crippen LogP contribution is 2.24. The number of nitrogens with one attached hydrogen (secondary N) is 1. The van der Waals surface area contributed by atoms with Gasteiger partial charge in [0, 0.05) is 13.6 Å². The molecule has 0 fully saturated rings. The average Bonchev–Trinajstić information content (AvgIpc) is 2.77. The van der Waals surface area contributed by atoms with Crippen LogP contribution in [0, 0.1) is 6.92 Å². The van der Waals surface area contributed by atoms with Crippen molar-refractivity contribution < 1.29 is 17.9 Å². The topological polar surface area (TPSA) is 75.7 Å². The van der Waals surface area contributed by atoms with Crippen LogP contribution in [-0.2, 0) is 21.4 Å². The molecule has 0 aliphatic carbocycles. The van der Waals surface area contributed by atoms with Gasteiger partial charge >= 0.3 is 0 Å². The van der Waals surface area contributed by atoms with E-state index in [0.717, 1.165) is 5.56 Å². The van der Waals surface area contributed by atoms with E-state index in [-0.39, 0.29) is 17.4 Å². The number of carbonyl (C=O) groups is 1. The highest BCUT2D eigenvalue weighted by molar-refractivity contribution is 7.92. The second-order valence-electron chi connectivity index (χ2n) is 6.83. The fourth-order valence-corrected chi connectivity index (χ4v) is 3.96. The summed E-state index contributed by atoms with van der Waals surface area (Å²) in [4.78, 5) is 12.2. The zero-order valence-corrected chi connectivity index (χ0v) is 17.7. The van der Waals surface area contributed by atoms with E-state index in [1.54, 1.807) is 54.6 Å². The molecule has 7 heteroatoms. The Morgan fingerprint density at radius 3 is 2.20 bits per heavy atom. The van der Waals surface area contributed by atoms with Gasteiger partial charge in [-0.1, -0.05) is 48.0 Å². The SMILES string of the molecule is Cc1ccc(CNC(=O)COc2ccc(N(C)S(=O)(=O)c3ccccc3)cc2)cc1. The summed E-state index contributed by atoms with van der Waals surface area (Å²) < 4.78 is 32.1. The van der Waals surface area contributed by atoms with Gasteiger partial charge in [-0.25, -0.2) is 8.42 Å². The Kier molecular flexibility index (Phi) is 6.74. The van der Waals surface area contributed by atoms with Crippen molar-refractivity contribution in [2.45, 2.75) is 18.4 Å². The Balaban J connectivity index is 1.54. The third-order valence-corrected chi connectivity index (χ3v) is 6.38. The van der Waals surface area contributed by atoms with Crippen LogP contribution in [0.3, 0.4) is 0 Å². The van der Waals surface area contributed by atoms with E-state index in [1.807, 2.05) is 31.2 Å². The Labute approximate surface area is 177 Å². The number of hydrogen-bond acceptors (Lipinski definition) is 4. The molecule has 0 unspecified atom stereocenters. The molecule has 3 aromatic carbocycles. The van der Waals surface area contributed by atoms with E-state index in [4.69, 9.17) is 4.74 Å². The number of amides is 1. The van der Waals surface area contributed by atoms with Gasteiger partial charge < -0.3 is 10.1 Å². The van der Waals surface area contributed by atoms with Crippen LogP contribution in [0.2, 0.25) is 0 Å². The van der Waals surface area contributed by atoms with Gasteiger partial charge in [0.1, 0.15) is 5.75 Å². The number of nitrogens with zero attached hydrogens (tertiary/aromatic N) is 1. The number of aryl methyl sites for hydroxylation is 1. The first-order valence-electron chi connectivity index (χ1n) is 9.45. The highest BCUT2D eigenvalue weighted by Gasteiger charge is 2.20. The lowest BCUT2D eigenvalue weighted by molar-refractivity contribution is -0.123. The van der Waals surface area contributed by atoms with Crippen molar-refractivity contribution in [3.63, 3.8) is 0 Å². The lowest BCUT2D eigenvalue weighted by atomic mass is 10.1. The van der Waals surface area contributed by atoms with Gasteiger partial charge in [0.2, 0.25) is 0 Å². The van der Waals surface area contributed by atoms with Gasteiger partial charge in [-0.3, -0.25) is 9.10 Å². The maximum absolute atomic E-state index is 12.7. The highest BCUT2D eigenvalue weighted by atomic mass is 32.2. The smallest absolute Gasteiger partial charge is 0.264 e. The van der Waals surface area contributed by atoms with Crippen molar-refractivity contribution in [3.8, 4) is 5.75 Å². The van der Waals surface area contributed by atoms with Gasteiger partial charge in [0.15, 0.2) is 6.61 Å². The van der Waals surface area contributed by atoms with Crippen LogP contribution in [0.4, 0.5) is 5.69 Å². The minimum absolute atomic E-state index is 0.122. The first-order valence-corrected chi connectivity index (χ1v) is 10.9. The van der Waals surface area contributed by atoms with Crippen molar-refractivity contribution in [1.29, 1.82) is 0 Å². The summed E-state index contributed by atoms with van der Waals surface area (Å²) in [7, 11) is -2.14. The Bertz CT molecular complexity index is 1080. The number of carbonyl (C=O) groups excluding carboxylic acids is 1. The Morgan fingerprint density at radius 1 is 0.933 bits per heavy atom. The molecule has 0 spiro atoms. The lowest BCUT2D eigenvalue weighted by Crippen LogP contribution is -2.28. The first kappa shape index (κ1) is 21.4. The summed E-state index contributed by atoms with van der Waals surface area (Å²) in [6, 6.07) is 22.7. The number of benzene rings is 3. The van der Waals surface area contributed by atoms with Crippen molar-refractivity contribution in [2.24, 2.45) is 0 Å². The fourth-order valence-electron chi connectivity index (χ4n) is 2.75. The van der Waals surface area contributed by atoms with E-state index in [9.17, 15) is 13.2 Å². The lowest BCUT2D eigenvalue weighted by Gasteiger charge is -2.19. The zero-order chi connectivity index (χ0) is 21.6. The first-order chi connectivity index (χ1) is 14.4. The molecule has 30 heavy (non-hydrogen) atoms. The summed E-state index contributed by atoms with van der Waals surface area (Å²) in [6.07, 6.45) is 0. The van der Waals surface area contributed by atoms with Crippen molar-refractivity contribution >= 4 is 21.6 Å². The maximum atomic E-state index is 12.7. The van der Waals surface area contributed by atoms with Crippen LogP contribution in [0.15, 0.2) is 83.8 Å². The van der Waals surface area contributed by atoms with Gasteiger partial charge in [0.25, 0.3) is 15.9 Å². The van der Waals surface area contributed by atoms with Crippen LogP contribution < -0.4 is 14.4 Å². The van der Waals surface area contributed by atoms with Gasteiger partial charge in [0.05, 0.1) is 10.6 Å². The fraction of sp³-hybridized carbons (Fsp3) is 0.174. The molecule has 0 aliphatic rings. The van der Waals surface area contributed by atoms with Crippen LogP contribution in [0.25, 0.3) is 0 Å². The van der Waals surface area contributed by atoms with Crippen LogP contribution in [0.1, 0.15) is 11.1 Å². The monoisotopic (exact) mass is 424 g/mol. The summed E-state index contributed by atoms with van der Waals surface area (Å²) >= 11 is 0. The predicted octanol–water partition coefficient (Wildman–Crippen LogP) is 3.52. The molecule has 0 heterocycles. The molecule has 156 valence electrons. The number of anilines is 1. The van der Waals surface area contributed by atoms with E-state index in [2.05, 4.69) is 5.32 Å². The quantitative estimate of drug-likeness (QED) is 0.600. The van der Waals surface area contributed by atoms with E-state index in [0.29, 0.717) is 18.0 Å². The van der Waals surface area contributed by atoms with Gasteiger partial charge in [-0.05, 0) is 48.9 Å². The molecule has 0 saturated carbocycles. The van der Waals surface area contributed by atoms with E-state index in [1.165, 1.54) is 16.9 Å². The third kappa shape index (κ3) is 5.39. The number of rotatable bonds is 8.